The molecule has 0 fully saturated rings. The van der Waals surface area contributed by atoms with E-state index in [-0.39, 0.29) is 0 Å². The predicted octanol–water partition coefficient (Wildman–Crippen LogP) is 3.11. The van der Waals surface area contributed by atoms with Crippen molar-refractivity contribution in [2.45, 2.75) is 39.9 Å². The summed E-state index contributed by atoms with van der Waals surface area (Å²) in [5.74, 6) is 2.04. The second kappa shape index (κ2) is 7.96. The summed E-state index contributed by atoms with van der Waals surface area (Å²) in [5, 5.41) is 3.42. The van der Waals surface area contributed by atoms with Crippen LogP contribution < -0.4 is 5.32 Å². The van der Waals surface area contributed by atoms with Gasteiger partial charge in [0.25, 0.3) is 0 Å². The Balaban J connectivity index is 1.89. The Morgan fingerprint density at radius 2 is 2.00 bits per heavy atom. The molecule has 0 amide bonds. The molecular weight excluding hydrogens is 262 g/mol. The Bertz CT molecular complexity index is 536. The van der Waals surface area contributed by atoms with E-state index >= 15 is 0 Å². The largest absolute Gasteiger partial charge is 0.465 e. The third-order valence-electron chi connectivity index (χ3n) is 3.44. The van der Waals surface area contributed by atoms with Crippen LogP contribution in [0.4, 0.5) is 0 Å². The molecule has 4 nitrogen and oxygen atoms in total. The first-order valence-electron chi connectivity index (χ1n) is 7.55. The zero-order valence-electron chi connectivity index (χ0n) is 13.2. The zero-order chi connectivity index (χ0) is 15.1. The molecule has 114 valence electrons. The standard InChI is InChI=1S/C17H25N3O/c1-4-7-19-11-16-10-17(21-14(16)2)13-20(3)12-15-5-8-18-9-6-15/h5-6,8-10,19H,4,7,11-13H2,1-3H3. The van der Waals surface area contributed by atoms with Crippen LogP contribution in [0, 0.1) is 6.92 Å². The number of aryl methyl sites for hydroxylation is 1. The Hall–Kier alpha value is -1.65. The first-order valence-corrected chi connectivity index (χ1v) is 7.55. The van der Waals surface area contributed by atoms with Gasteiger partial charge in [-0.05, 0) is 50.7 Å². The van der Waals surface area contributed by atoms with Gasteiger partial charge in [-0.2, -0.15) is 0 Å². The number of nitrogens with zero attached hydrogens (tertiary/aromatic N) is 2. The van der Waals surface area contributed by atoms with Gasteiger partial charge in [-0.3, -0.25) is 9.88 Å². The van der Waals surface area contributed by atoms with Crippen molar-refractivity contribution >= 4 is 0 Å². The van der Waals surface area contributed by atoms with E-state index in [1.54, 1.807) is 0 Å². The second-order valence-corrected chi connectivity index (χ2v) is 5.50. The van der Waals surface area contributed by atoms with Crippen LogP contribution in [0.25, 0.3) is 0 Å². The molecule has 0 aliphatic rings. The number of hydrogen-bond acceptors (Lipinski definition) is 4. The van der Waals surface area contributed by atoms with Crippen LogP contribution in [-0.4, -0.2) is 23.5 Å². The van der Waals surface area contributed by atoms with Crippen LogP contribution in [-0.2, 0) is 19.6 Å². The molecule has 0 aliphatic carbocycles. The van der Waals surface area contributed by atoms with Gasteiger partial charge < -0.3 is 9.73 Å². The molecule has 0 bridgehead atoms. The molecule has 2 rings (SSSR count). The molecule has 0 aliphatic heterocycles. The first kappa shape index (κ1) is 15.7. The van der Waals surface area contributed by atoms with Gasteiger partial charge in [0.05, 0.1) is 6.54 Å². The number of pyridine rings is 1. The molecule has 21 heavy (non-hydrogen) atoms. The third kappa shape index (κ3) is 4.99. The van der Waals surface area contributed by atoms with E-state index in [0.717, 1.165) is 44.1 Å². The van der Waals surface area contributed by atoms with Crippen LogP contribution in [0.2, 0.25) is 0 Å². The highest BCUT2D eigenvalue weighted by Gasteiger charge is 2.09. The summed E-state index contributed by atoms with van der Waals surface area (Å²) in [7, 11) is 2.10. The normalized spacial score (nSPS) is 11.2. The summed E-state index contributed by atoms with van der Waals surface area (Å²) in [5.41, 5.74) is 2.52. The lowest BCUT2D eigenvalue weighted by molar-refractivity contribution is 0.285. The topological polar surface area (TPSA) is 41.3 Å². The van der Waals surface area contributed by atoms with Crippen LogP contribution in [0.1, 0.15) is 36.0 Å². The van der Waals surface area contributed by atoms with Crippen molar-refractivity contribution in [1.29, 1.82) is 0 Å². The van der Waals surface area contributed by atoms with Gasteiger partial charge in [0.1, 0.15) is 11.5 Å². The molecule has 4 heteroatoms. The molecule has 2 aromatic rings. The number of rotatable bonds is 8. The maximum absolute atomic E-state index is 5.86. The molecule has 1 N–H and O–H groups in total. The minimum Gasteiger partial charge on any atom is -0.465 e. The van der Waals surface area contributed by atoms with Crippen molar-refractivity contribution in [2.24, 2.45) is 0 Å². The predicted molar refractivity (Wildman–Crippen MR) is 84.9 cm³/mol. The van der Waals surface area contributed by atoms with Crippen molar-refractivity contribution in [3.8, 4) is 0 Å². The highest BCUT2D eigenvalue weighted by atomic mass is 16.3. The molecular formula is C17H25N3O. The summed E-state index contributed by atoms with van der Waals surface area (Å²) in [6.07, 6.45) is 4.81. The Morgan fingerprint density at radius 1 is 1.24 bits per heavy atom. The highest BCUT2D eigenvalue weighted by Crippen LogP contribution is 2.16. The monoisotopic (exact) mass is 287 g/mol. The molecule has 0 aromatic carbocycles. The Morgan fingerprint density at radius 3 is 2.71 bits per heavy atom. The van der Waals surface area contributed by atoms with Gasteiger partial charge in [-0.1, -0.05) is 6.92 Å². The van der Waals surface area contributed by atoms with Crippen molar-refractivity contribution in [2.75, 3.05) is 13.6 Å². The van der Waals surface area contributed by atoms with Gasteiger partial charge in [-0.15, -0.1) is 0 Å². The van der Waals surface area contributed by atoms with E-state index in [1.807, 2.05) is 31.5 Å². The maximum Gasteiger partial charge on any atom is 0.118 e. The summed E-state index contributed by atoms with van der Waals surface area (Å²) < 4.78 is 5.86. The Labute approximate surface area is 127 Å². The van der Waals surface area contributed by atoms with Crippen LogP contribution in [0.3, 0.4) is 0 Å². The fourth-order valence-electron chi connectivity index (χ4n) is 2.36. The fourth-order valence-corrected chi connectivity index (χ4v) is 2.36. The van der Waals surface area contributed by atoms with Gasteiger partial charge in [0.2, 0.25) is 0 Å². The van der Waals surface area contributed by atoms with Gasteiger partial charge in [0, 0.05) is 31.0 Å². The van der Waals surface area contributed by atoms with Crippen molar-refractivity contribution < 1.29 is 4.42 Å². The van der Waals surface area contributed by atoms with E-state index in [2.05, 4.69) is 35.2 Å². The van der Waals surface area contributed by atoms with Gasteiger partial charge in [0.15, 0.2) is 0 Å². The van der Waals surface area contributed by atoms with E-state index in [0.29, 0.717) is 0 Å². The average molecular weight is 287 g/mol. The fraction of sp³-hybridized carbons (Fsp3) is 0.471. The summed E-state index contributed by atoms with van der Waals surface area (Å²) >= 11 is 0. The highest BCUT2D eigenvalue weighted by molar-refractivity contribution is 5.20. The van der Waals surface area contributed by atoms with Gasteiger partial charge >= 0.3 is 0 Å². The maximum atomic E-state index is 5.86. The van der Waals surface area contributed by atoms with E-state index in [4.69, 9.17) is 4.42 Å². The third-order valence-corrected chi connectivity index (χ3v) is 3.44. The van der Waals surface area contributed by atoms with E-state index in [1.165, 1.54) is 11.1 Å². The van der Waals surface area contributed by atoms with Crippen molar-refractivity contribution in [3.63, 3.8) is 0 Å². The summed E-state index contributed by atoms with van der Waals surface area (Å²) in [6, 6.07) is 6.26. The molecule has 0 saturated heterocycles. The summed E-state index contributed by atoms with van der Waals surface area (Å²) in [6.45, 7) is 7.85. The molecule has 0 spiro atoms. The molecule has 0 unspecified atom stereocenters. The van der Waals surface area contributed by atoms with Crippen LogP contribution >= 0.6 is 0 Å². The second-order valence-electron chi connectivity index (χ2n) is 5.50. The van der Waals surface area contributed by atoms with Crippen LogP contribution in [0.15, 0.2) is 35.0 Å². The number of hydrogen-bond donors (Lipinski definition) is 1. The molecule has 0 atom stereocenters. The molecule has 0 radical (unpaired) electrons. The van der Waals surface area contributed by atoms with E-state index < -0.39 is 0 Å². The zero-order valence-corrected chi connectivity index (χ0v) is 13.2. The average Bonchev–Trinajstić information content (AvgIpc) is 2.80. The molecule has 0 saturated carbocycles. The number of nitrogens with one attached hydrogen (secondary N) is 1. The summed E-state index contributed by atoms with van der Waals surface area (Å²) in [4.78, 5) is 6.29. The van der Waals surface area contributed by atoms with Gasteiger partial charge in [-0.25, -0.2) is 0 Å². The first-order chi connectivity index (χ1) is 10.2. The smallest absolute Gasteiger partial charge is 0.118 e. The van der Waals surface area contributed by atoms with Crippen LogP contribution in [0.5, 0.6) is 0 Å². The number of aromatic nitrogens is 1. The minimum absolute atomic E-state index is 0.816. The lowest BCUT2D eigenvalue weighted by Crippen LogP contribution is -2.17. The Kier molecular flexibility index (Phi) is 5.96. The number of furan rings is 1. The molecule has 2 aromatic heterocycles. The molecule has 2 heterocycles. The minimum atomic E-state index is 0.816. The SMILES string of the molecule is CCCNCc1cc(CN(C)Cc2ccncc2)oc1C. The van der Waals surface area contributed by atoms with Crippen molar-refractivity contribution in [1.82, 2.24) is 15.2 Å². The lowest BCUT2D eigenvalue weighted by Gasteiger charge is -2.14. The lowest BCUT2D eigenvalue weighted by atomic mass is 10.2. The quantitative estimate of drug-likeness (QED) is 0.757. The van der Waals surface area contributed by atoms with Crippen molar-refractivity contribution in [3.05, 3.63) is 53.2 Å². The van der Waals surface area contributed by atoms with E-state index in [9.17, 15) is 0 Å².